The molecule has 6 N–H and O–H groups in total. The maximum atomic E-state index is 8.17. The molecular weight excluding hydrogens is 216 g/mol. The summed E-state index contributed by atoms with van der Waals surface area (Å²) in [5, 5.41) is 48.0. The molecular formula is C10H32O6. The average molecular weight is 248 g/mol. The van der Waals surface area contributed by atoms with Crippen LogP contribution in [-0.2, 0) is 0 Å². The molecule has 0 saturated carbocycles. The Morgan fingerprint density at radius 1 is 0.500 bits per heavy atom. The van der Waals surface area contributed by atoms with Gasteiger partial charge in [0.25, 0.3) is 0 Å². The maximum absolute atomic E-state index is 8.17. The molecule has 16 heavy (non-hydrogen) atoms. The molecule has 0 heterocycles. The molecule has 108 valence electrons. The van der Waals surface area contributed by atoms with Gasteiger partial charge in [0.05, 0.1) is 26.4 Å². The molecule has 0 bridgehead atoms. The first-order chi connectivity index (χ1) is 5.62. The van der Waals surface area contributed by atoms with Gasteiger partial charge in [-0.1, -0.05) is 29.7 Å². The zero-order chi connectivity index (χ0) is 9.98. The van der Waals surface area contributed by atoms with Gasteiger partial charge < -0.3 is 30.6 Å². The van der Waals surface area contributed by atoms with Crippen molar-refractivity contribution in [3.8, 4) is 0 Å². The largest absolute Gasteiger partial charge is 0.394 e. The van der Waals surface area contributed by atoms with E-state index < -0.39 is 12.2 Å². The van der Waals surface area contributed by atoms with Crippen LogP contribution < -0.4 is 0 Å². The fourth-order valence-corrected chi connectivity index (χ4v) is 0.115. The smallest absolute Gasteiger partial charge is 0.100 e. The van der Waals surface area contributed by atoms with Crippen molar-refractivity contribution in [2.24, 2.45) is 0 Å². The molecule has 0 fully saturated rings. The van der Waals surface area contributed by atoms with Crippen molar-refractivity contribution < 1.29 is 30.6 Å². The molecule has 0 aliphatic carbocycles. The van der Waals surface area contributed by atoms with Crippen molar-refractivity contribution >= 4 is 0 Å². The topological polar surface area (TPSA) is 121 Å². The Balaban J connectivity index is -0.0000000250. The van der Waals surface area contributed by atoms with Crippen molar-refractivity contribution in [2.45, 2.75) is 41.9 Å². The van der Waals surface area contributed by atoms with Crippen LogP contribution in [0.4, 0.5) is 0 Å². The van der Waals surface area contributed by atoms with Crippen LogP contribution >= 0.6 is 0 Å². The van der Waals surface area contributed by atoms with Gasteiger partial charge in [-0.05, 0) is 0 Å². The number of hydrogen-bond donors (Lipinski definition) is 6. The zero-order valence-electron chi connectivity index (χ0n) is 6.67. The lowest BCUT2D eigenvalue weighted by molar-refractivity contribution is 0.0450. The monoisotopic (exact) mass is 248 g/mol. The summed E-state index contributed by atoms with van der Waals surface area (Å²) in [5.41, 5.74) is 0. The van der Waals surface area contributed by atoms with Gasteiger partial charge in [0.15, 0.2) is 0 Å². The predicted molar refractivity (Wildman–Crippen MR) is 67.3 cm³/mol. The molecule has 0 aromatic carbocycles. The van der Waals surface area contributed by atoms with E-state index >= 15 is 0 Å². The van der Waals surface area contributed by atoms with Gasteiger partial charge in [0.1, 0.15) is 12.2 Å². The van der Waals surface area contributed by atoms with Crippen LogP contribution in [0.25, 0.3) is 0 Å². The SMILES string of the molecule is C.C.C.C.OCC(O)CO.OCC(O)CO. The quantitative estimate of drug-likeness (QED) is 0.388. The van der Waals surface area contributed by atoms with Crippen LogP contribution in [0, 0.1) is 0 Å². The minimum atomic E-state index is -0.954. The summed E-state index contributed by atoms with van der Waals surface area (Å²) in [6.07, 6.45) is -1.91. The molecule has 0 aliphatic heterocycles. The molecule has 6 heteroatoms. The van der Waals surface area contributed by atoms with E-state index in [0.717, 1.165) is 0 Å². The second-order valence-electron chi connectivity index (χ2n) is 2.04. The summed E-state index contributed by atoms with van der Waals surface area (Å²) in [6, 6.07) is 0. The fraction of sp³-hybridized carbons (Fsp3) is 1.00. The number of rotatable bonds is 4. The van der Waals surface area contributed by atoms with E-state index in [1.54, 1.807) is 0 Å². The summed E-state index contributed by atoms with van der Waals surface area (Å²) in [4.78, 5) is 0. The van der Waals surface area contributed by atoms with E-state index in [0.29, 0.717) is 0 Å². The third kappa shape index (κ3) is 37.2. The highest BCUT2D eigenvalue weighted by Gasteiger charge is 1.94. The molecule has 0 unspecified atom stereocenters. The van der Waals surface area contributed by atoms with E-state index in [2.05, 4.69) is 0 Å². The molecule has 0 rings (SSSR count). The lowest BCUT2D eigenvalue weighted by atomic mass is 10.4. The highest BCUT2D eigenvalue weighted by atomic mass is 16.3. The molecule has 0 aromatic rings. The van der Waals surface area contributed by atoms with Crippen LogP contribution in [-0.4, -0.2) is 69.3 Å². The van der Waals surface area contributed by atoms with Crippen molar-refractivity contribution in [1.82, 2.24) is 0 Å². The highest BCUT2D eigenvalue weighted by Crippen LogP contribution is 1.72. The molecule has 0 radical (unpaired) electrons. The van der Waals surface area contributed by atoms with E-state index in [4.69, 9.17) is 30.6 Å². The van der Waals surface area contributed by atoms with Crippen molar-refractivity contribution in [1.29, 1.82) is 0 Å². The van der Waals surface area contributed by atoms with E-state index in [1.807, 2.05) is 0 Å². The second-order valence-corrected chi connectivity index (χ2v) is 2.04. The highest BCUT2D eigenvalue weighted by molar-refractivity contribution is 4.44. The minimum absolute atomic E-state index is 0. The maximum Gasteiger partial charge on any atom is 0.100 e. The third-order valence-electron chi connectivity index (χ3n) is 0.843. The van der Waals surface area contributed by atoms with E-state index in [9.17, 15) is 0 Å². The van der Waals surface area contributed by atoms with Crippen molar-refractivity contribution in [2.75, 3.05) is 26.4 Å². The zero-order valence-corrected chi connectivity index (χ0v) is 6.67. The van der Waals surface area contributed by atoms with Crippen LogP contribution in [0.2, 0.25) is 0 Å². The van der Waals surface area contributed by atoms with Crippen LogP contribution in [0.15, 0.2) is 0 Å². The molecule has 0 spiro atoms. The summed E-state index contributed by atoms with van der Waals surface area (Å²) in [5.74, 6) is 0. The summed E-state index contributed by atoms with van der Waals surface area (Å²) >= 11 is 0. The van der Waals surface area contributed by atoms with Gasteiger partial charge in [-0.2, -0.15) is 0 Å². The van der Waals surface area contributed by atoms with Gasteiger partial charge in [0.2, 0.25) is 0 Å². The third-order valence-corrected chi connectivity index (χ3v) is 0.843. The van der Waals surface area contributed by atoms with Crippen molar-refractivity contribution in [3.63, 3.8) is 0 Å². The molecule has 0 saturated heterocycles. The normalized spacial score (nSPS) is 7.50. The van der Waals surface area contributed by atoms with Gasteiger partial charge in [-0.15, -0.1) is 0 Å². The van der Waals surface area contributed by atoms with E-state index in [-0.39, 0.29) is 56.1 Å². The van der Waals surface area contributed by atoms with Crippen LogP contribution in [0.5, 0.6) is 0 Å². The molecule has 0 aliphatic rings. The van der Waals surface area contributed by atoms with Gasteiger partial charge >= 0.3 is 0 Å². The van der Waals surface area contributed by atoms with Gasteiger partial charge in [0, 0.05) is 0 Å². The average Bonchev–Trinajstić information content (AvgIpc) is 2.16. The van der Waals surface area contributed by atoms with Crippen LogP contribution in [0.3, 0.4) is 0 Å². The first-order valence-corrected chi connectivity index (χ1v) is 3.41. The number of hydrogen-bond acceptors (Lipinski definition) is 6. The van der Waals surface area contributed by atoms with Gasteiger partial charge in [-0.3, -0.25) is 0 Å². The first-order valence-electron chi connectivity index (χ1n) is 3.41. The molecule has 0 aromatic heterocycles. The van der Waals surface area contributed by atoms with E-state index in [1.165, 1.54) is 0 Å². The predicted octanol–water partition coefficient (Wildman–Crippen LogP) is -0.792. The summed E-state index contributed by atoms with van der Waals surface area (Å²) < 4.78 is 0. The molecule has 0 amide bonds. The lowest BCUT2D eigenvalue weighted by Gasteiger charge is -1.96. The fourth-order valence-electron chi connectivity index (χ4n) is 0.115. The Kier molecular flexibility index (Phi) is 66.1. The standard InChI is InChI=1S/2C3H8O3.4CH4/c2*4-1-3(6)2-5;;;;/h2*3-6H,1-2H2;4*1H4. The van der Waals surface area contributed by atoms with Crippen molar-refractivity contribution in [3.05, 3.63) is 0 Å². The van der Waals surface area contributed by atoms with Gasteiger partial charge in [-0.25, -0.2) is 0 Å². The Hall–Kier alpha value is -0.240. The lowest BCUT2D eigenvalue weighted by Crippen LogP contribution is -2.15. The first kappa shape index (κ1) is 36.0. The minimum Gasteiger partial charge on any atom is -0.394 e. The Labute approximate surface area is 99.8 Å². The van der Waals surface area contributed by atoms with Crippen LogP contribution in [0.1, 0.15) is 29.7 Å². The Bertz CT molecular complexity index is 63.7. The Morgan fingerprint density at radius 2 is 0.625 bits per heavy atom. The number of aliphatic hydroxyl groups is 6. The Morgan fingerprint density at radius 3 is 0.625 bits per heavy atom. The molecule has 0 atom stereocenters. The summed E-state index contributed by atoms with van der Waals surface area (Å²) in [7, 11) is 0. The summed E-state index contributed by atoms with van der Waals surface area (Å²) in [6.45, 7) is -1.46. The second kappa shape index (κ2) is 29.3. The molecule has 6 nitrogen and oxygen atoms in total. The number of aliphatic hydroxyl groups excluding tert-OH is 6.